The second kappa shape index (κ2) is 25.7. The SMILES string of the molecule is CC(=O)N[C@H]1[C@H]([C@H](O)[C@H](O)CO)O[C@@](OC[C@@H](O)[C@H](O)[C@H](O[C@@H]2O[C@H](CO)[C@H](O)[C@H](O[C@@H]3O[C@H](CO)[C@H](O)[C@H](OS(=O)(=O)O)[C@H]3O)[C@H]2O[C@@H]2O[C@@H](C)[C@@H](O)[C@@H](O)[C@@H]2O)[C@H](CO)NC(C)=O)(C(=O)O)C[C@@H]1O. The van der Waals surface area contributed by atoms with Gasteiger partial charge in [-0.05, 0) is 6.92 Å². The highest BCUT2D eigenvalue weighted by molar-refractivity contribution is 7.80. The lowest BCUT2D eigenvalue weighted by molar-refractivity contribution is -0.396. The number of aliphatic hydroxyl groups is 15. The molecular weight excluding hydrogens is 1000 g/mol. The van der Waals surface area contributed by atoms with Crippen molar-refractivity contribution in [2.24, 2.45) is 0 Å². The van der Waals surface area contributed by atoms with E-state index in [1.807, 2.05) is 0 Å². The van der Waals surface area contributed by atoms with Crippen molar-refractivity contribution in [2.45, 2.75) is 180 Å². The number of rotatable bonds is 23. The molecule has 0 aliphatic carbocycles. The molecule has 0 spiro atoms. The number of ether oxygens (including phenoxy) is 8. The predicted octanol–water partition coefficient (Wildman–Crippen LogP) is -11.9. The molecule has 0 unspecified atom stereocenters. The zero-order valence-corrected chi connectivity index (χ0v) is 38.6. The number of hydrogen-bond donors (Lipinski definition) is 19. The topological polar surface area (TPSA) is 536 Å². The van der Waals surface area contributed by atoms with Crippen LogP contribution in [0.15, 0.2) is 0 Å². The first-order valence-corrected chi connectivity index (χ1v) is 23.0. The molecule has 4 rings (SSSR count). The number of nitrogens with one attached hydrogen (secondary N) is 2. The Morgan fingerprint density at radius 3 is 1.80 bits per heavy atom. The summed E-state index contributed by atoms with van der Waals surface area (Å²) in [6.07, 6.45) is -48.4. The minimum atomic E-state index is -5.49. The van der Waals surface area contributed by atoms with Crippen molar-refractivity contribution in [1.29, 1.82) is 0 Å². The molecule has 414 valence electrons. The minimum Gasteiger partial charge on any atom is -0.477 e. The average Bonchev–Trinajstić information content (AvgIpc) is 3.30. The third kappa shape index (κ3) is 14.6. The van der Waals surface area contributed by atoms with Crippen LogP contribution in [0.1, 0.15) is 27.2 Å². The lowest BCUT2D eigenvalue weighted by Crippen LogP contribution is -2.68. The predicted molar refractivity (Wildman–Crippen MR) is 218 cm³/mol. The van der Waals surface area contributed by atoms with Gasteiger partial charge in [-0.25, -0.2) is 8.98 Å². The second-order valence-corrected chi connectivity index (χ2v) is 18.2. The highest BCUT2D eigenvalue weighted by atomic mass is 32.3. The highest BCUT2D eigenvalue weighted by Gasteiger charge is 2.58. The van der Waals surface area contributed by atoms with Crippen LogP contribution in [0.5, 0.6) is 0 Å². The summed E-state index contributed by atoms with van der Waals surface area (Å²) >= 11 is 0. The first-order valence-electron chi connectivity index (χ1n) is 21.7. The summed E-state index contributed by atoms with van der Waals surface area (Å²) in [7, 11) is -5.49. The fourth-order valence-electron chi connectivity index (χ4n) is 8.18. The fraction of sp³-hybridized carbons (Fsp3) is 0.919. The van der Waals surface area contributed by atoms with Gasteiger partial charge in [0.2, 0.25) is 11.8 Å². The molecule has 2 amide bonds. The normalized spacial score (nSPS) is 40.7. The standard InChI is InChI=1S/C37H64N2O31S/c1-10-20(49)25(54)26(55)33(63-10)68-32-31(67-34-27(56)30(70-71(59,60)61)23(52)17(7-42)64-34)24(53)18(8-43)65-35(32)66-28(13(5-40)38-11(2)44)22(51)16(48)9-62-37(36(57)58)4-14(46)19(39-12(3)45)29(69-37)21(50)15(47)6-41/h10,13-35,40-43,46-56H,4-9H2,1-3H3,(H,38,44)(H,39,45)(H,57,58)(H,59,60,61)/t10-,13-,14-,15+,16+,17+,18+,19+,20+,21+,22-,23-,24-,25+,26-,27+,28+,29+,30-,31-,32+,33-,34-,35-,37+/m0/s1. The Morgan fingerprint density at radius 2 is 1.28 bits per heavy atom. The summed E-state index contributed by atoms with van der Waals surface area (Å²) in [6, 6.07) is -3.52. The number of amides is 2. The molecular formula is C37H64N2O31S. The molecule has 4 aliphatic rings. The van der Waals surface area contributed by atoms with Crippen LogP contribution in [0, 0.1) is 0 Å². The molecule has 4 aliphatic heterocycles. The van der Waals surface area contributed by atoms with E-state index in [0.29, 0.717) is 0 Å². The Hall–Kier alpha value is -2.64. The largest absolute Gasteiger partial charge is 0.477 e. The van der Waals surface area contributed by atoms with Crippen LogP contribution in [0.2, 0.25) is 0 Å². The molecule has 25 atom stereocenters. The van der Waals surface area contributed by atoms with E-state index in [0.717, 1.165) is 13.8 Å². The summed E-state index contributed by atoms with van der Waals surface area (Å²) in [5.41, 5.74) is 0. The van der Waals surface area contributed by atoms with Gasteiger partial charge < -0.3 is 130 Å². The van der Waals surface area contributed by atoms with Gasteiger partial charge >= 0.3 is 16.4 Å². The van der Waals surface area contributed by atoms with Gasteiger partial charge in [0.15, 0.2) is 18.9 Å². The number of carbonyl (C=O) groups excluding carboxylic acids is 2. The Bertz CT molecular complexity index is 1840. The quantitative estimate of drug-likeness (QED) is 0.0423. The molecule has 0 aromatic heterocycles. The molecule has 4 saturated heterocycles. The zero-order valence-electron chi connectivity index (χ0n) is 37.8. The zero-order chi connectivity index (χ0) is 53.6. The molecule has 71 heavy (non-hydrogen) atoms. The van der Waals surface area contributed by atoms with Crippen LogP contribution in [0.3, 0.4) is 0 Å². The first-order chi connectivity index (χ1) is 33.1. The van der Waals surface area contributed by atoms with E-state index in [-0.39, 0.29) is 0 Å². The van der Waals surface area contributed by atoms with Crippen molar-refractivity contribution < 1.29 is 151 Å². The minimum absolute atomic E-state index is 0.825. The van der Waals surface area contributed by atoms with E-state index in [4.69, 9.17) is 37.9 Å². The van der Waals surface area contributed by atoms with Crippen molar-refractivity contribution in [3.05, 3.63) is 0 Å². The molecule has 0 bridgehead atoms. The molecule has 0 saturated carbocycles. The number of hydrogen-bond acceptors (Lipinski definition) is 29. The second-order valence-electron chi connectivity index (χ2n) is 17.1. The number of carboxylic acid groups (broad SMARTS) is 1. The molecule has 34 heteroatoms. The number of carboxylic acids is 1. The summed E-state index contributed by atoms with van der Waals surface area (Å²) in [5, 5.41) is 175. The lowest BCUT2D eigenvalue weighted by atomic mass is 9.88. The van der Waals surface area contributed by atoms with Crippen LogP contribution in [-0.2, 0) is 66.9 Å². The van der Waals surface area contributed by atoms with Crippen molar-refractivity contribution in [1.82, 2.24) is 10.6 Å². The summed E-state index contributed by atoms with van der Waals surface area (Å²) in [5.74, 6) is -6.92. The molecule has 4 fully saturated rings. The summed E-state index contributed by atoms with van der Waals surface area (Å²) in [4.78, 5) is 37.1. The third-order valence-corrected chi connectivity index (χ3v) is 12.4. The van der Waals surface area contributed by atoms with E-state index in [2.05, 4.69) is 14.8 Å². The Labute approximate surface area is 402 Å². The van der Waals surface area contributed by atoms with E-state index in [9.17, 15) is 109 Å². The Kier molecular flexibility index (Phi) is 22.1. The van der Waals surface area contributed by atoms with Gasteiger partial charge in [-0.3, -0.25) is 14.1 Å². The third-order valence-electron chi connectivity index (χ3n) is 11.9. The molecule has 0 radical (unpaired) electrons. The van der Waals surface area contributed by atoms with Crippen molar-refractivity contribution in [2.75, 3.05) is 33.0 Å². The van der Waals surface area contributed by atoms with Gasteiger partial charge in [0, 0.05) is 20.3 Å². The molecule has 4 heterocycles. The summed E-state index contributed by atoms with van der Waals surface area (Å²) in [6.45, 7) is -2.92. The van der Waals surface area contributed by atoms with Gasteiger partial charge in [0.1, 0.15) is 104 Å². The van der Waals surface area contributed by atoms with Gasteiger partial charge in [-0.2, -0.15) is 8.42 Å². The van der Waals surface area contributed by atoms with Crippen LogP contribution in [0.25, 0.3) is 0 Å². The first kappa shape index (κ1) is 60.9. The van der Waals surface area contributed by atoms with E-state index in [1.165, 1.54) is 6.92 Å². The maximum absolute atomic E-state index is 12.8. The average molecular weight is 1060 g/mol. The van der Waals surface area contributed by atoms with Crippen molar-refractivity contribution >= 4 is 28.2 Å². The van der Waals surface area contributed by atoms with Gasteiger partial charge in [-0.15, -0.1) is 0 Å². The van der Waals surface area contributed by atoms with Crippen LogP contribution in [0.4, 0.5) is 0 Å². The van der Waals surface area contributed by atoms with Gasteiger partial charge in [-0.1, -0.05) is 0 Å². The summed E-state index contributed by atoms with van der Waals surface area (Å²) < 4.78 is 82.5. The van der Waals surface area contributed by atoms with E-state index < -0.39 is 220 Å². The van der Waals surface area contributed by atoms with Crippen LogP contribution < -0.4 is 10.6 Å². The van der Waals surface area contributed by atoms with Crippen molar-refractivity contribution in [3.8, 4) is 0 Å². The molecule has 33 nitrogen and oxygen atoms in total. The number of aliphatic carboxylic acids is 1. The number of carbonyl (C=O) groups is 3. The lowest BCUT2D eigenvalue weighted by Gasteiger charge is -2.50. The van der Waals surface area contributed by atoms with Gasteiger partial charge in [0.25, 0.3) is 5.79 Å². The van der Waals surface area contributed by atoms with Crippen LogP contribution >= 0.6 is 0 Å². The Balaban J connectivity index is 1.77. The monoisotopic (exact) mass is 1060 g/mol. The maximum atomic E-state index is 12.8. The van der Waals surface area contributed by atoms with E-state index in [1.54, 1.807) is 0 Å². The Morgan fingerprint density at radius 1 is 0.718 bits per heavy atom. The van der Waals surface area contributed by atoms with E-state index >= 15 is 0 Å². The fourth-order valence-corrected chi connectivity index (χ4v) is 8.69. The molecule has 19 N–H and O–H groups in total. The number of aliphatic hydroxyl groups excluding tert-OH is 15. The van der Waals surface area contributed by atoms with Crippen LogP contribution in [-0.4, -0.2) is 298 Å². The van der Waals surface area contributed by atoms with Gasteiger partial charge in [0.05, 0.1) is 57.3 Å². The smallest absolute Gasteiger partial charge is 0.397 e. The molecule has 0 aromatic rings. The highest BCUT2D eigenvalue weighted by Crippen LogP contribution is 2.37. The molecule has 0 aromatic carbocycles. The van der Waals surface area contributed by atoms with Crippen molar-refractivity contribution in [3.63, 3.8) is 0 Å². The maximum Gasteiger partial charge on any atom is 0.397 e.